The number of fused-ring (bicyclic) bond motifs is 2. The van der Waals surface area contributed by atoms with Gasteiger partial charge in [0.2, 0.25) is 0 Å². The molecule has 0 fully saturated rings. The molecular weight excluding hydrogens is 440 g/mol. The lowest BCUT2D eigenvalue weighted by molar-refractivity contribution is -0.145. The predicted octanol–water partition coefficient (Wildman–Crippen LogP) is 2.30. The van der Waals surface area contributed by atoms with Crippen LogP contribution in [0.25, 0.3) is 5.70 Å². The number of para-hydroxylation sites is 2. The first-order valence-corrected chi connectivity index (χ1v) is 12.0. The zero-order valence-corrected chi connectivity index (χ0v) is 19.4. The smallest absolute Gasteiger partial charge is 0.344 e. The minimum atomic E-state index is -0.624. The number of hydrogen-bond acceptors (Lipinski definition) is 8. The largest absolute Gasteiger partial charge is 0.481 e. The Kier molecular flexibility index (Phi) is 7.29. The summed E-state index contributed by atoms with van der Waals surface area (Å²) in [5, 5.41) is 11.3. The van der Waals surface area contributed by atoms with Crippen LogP contribution in [0, 0.1) is 0 Å². The molecule has 2 heterocycles. The van der Waals surface area contributed by atoms with E-state index in [0.717, 1.165) is 23.8 Å². The Morgan fingerprint density at radius 2 is 1.94 bits per heavy atom. The van der Waals surface area contributed by atoms with E-state index in [-0.39, 0.29) is 19.1 Å². The van der Waals surface area contributed by atoms with Crippen LogP contribution >= 0.6 is 11.8 Å². The van der Waals surface area contributed by atoms with Crippen molar-refractivity contribution in [2.24, 2.45) is 10.1 Å². The molecule has 0 saturated carbocycles. The topological polar surface area (TPSA) is 92.6 Å². The average Bonchev–Trinajstić information content (AvgIpc) is 2.82. The Bertz CT molecular complexity index is 1200. The van der Waals surface area contributed by atoms with Crippen molar-refractivity contribution < 1.29 is 19.1 Å². The van der Waals surface area contributed by atoms with Crippen LogP contribution in [0.2, 0.25) is 0 Å². The van der Waals surface area contributed by atoms with Gasteiger partial charge in [-0.15, -0.1) is 5.10 Å². The third-order valence-corrected chi connectivity index (χ3v) is 6.05. The van der Waals surface area contributed by atoms with E-state index < -0.39 is 12.1 Å². The van der Waals surface area contributed by atoms with Gasteiger partial charge in [0.1, 0.15) is 11.4 Å². The van der Waals surface area contributed by atoms with Gasteiger partial charge < -0.3 is 9.47 Å². The maximum atomic E-state index is 13.2. The number of nitrogens with one attached hydrogen (secondary N) is 1. The molecule has 9 heteroatoms. The zero-order valence-electron chi connectivity index (χ0n) is 18.6. The minimum absolute atomic E-state index is 0.216. The second kappa shape index (κ2) is 10.5. The number of carbonyl (C=O) groups is 2. The minimum Gasteiger partial charge on any atom is -0.481 e. The molecule has 0 spiro atoms. The fourth-order valence-electron chi connectivity index (χ4n) is 3.57. The molecule has 1 N–H and O–H groups in total. The number of nitrogens with zero attached hydrogens (tertiary/aromatic N) is 3. The summed E-state index contributed by atoms with van der Waals surface area (Å²) in [6.45, 7) is 3.94. The fourth-order valence-corrected chi connectivity index (χ4v) is 4.51. The molecule has 0 radical (unpaired) electrons. The van der Waals surface area contributed by atoms with Crippen LogP contribution in [-0.2, 0) is 14.3 Å². The first kappa shape index (κ1) is 22.8. The van der Waals surface area contributed by atoms with Gasteiger partial charge in [0, 0.05) is 16.5 Å². The summed E-state index contributed by atoms with van der Waals surface area (Å²) in [5.74, 6) is 0.673. The van der Waals surface area contributed by atoms with Crippen molar-refractivity contribution in [3.63, 3.8) is 0 Å². The molecule has 2 aliphatic rings. The third kappa shape index (κ3) is 5.03. The molecule has 0 aliphatic carbocycles. The summed E-state index contributed by atoms with van der Waals surface area (Å²) in [6, 6.07) is 14.8. The highest BCUT2D eigenvalue weighted by Gasteiger charge is 2.35. The standard InChI is InChI=1S/C24H26N4O4S/c1-3-5-14-33-24-26-23(30)21-16-10-6-8-12-18(16)25-22(28(21)27-24)17-11-7-9-13-19(17)32-15-20(29)31-4-2/h6-13,22H,3-5,14-15H2,1-2H3,(H,26,27,30). The molecule has 4 rings (SSSR count). The number of amidine groups is 1. The van der Waals surface area contributed by atoms with Crippen LogP contribution < -0.4 is 20.6 Å². The number of esters is 1. The Hall–Kier alpha value is -3.33. The van der Waals surface area contributed by atoms with Crippen molar-refractivity contribution in [2.45, 2.75) is 32.9 Å². The number of rotatable bonds is 8. The first-order valence-electron chi connectivity index (χ1n) is 11.0. The van der Waals surface area contributed by atoms with Gasteiger partial charge in [-0.1, -0.05) is 61.5 Å². The van der Waals surface area contributed by atoms with E-state index in [2.05, 4.69) is 12.2 Å². The second-order valence-corrected chi connectivity index (χ2v) is 8.49. The van der Waals surface area contributed by atoms with E-state index >= 15 is 0 Å². The number of hydrogen-bond donors (Lipinski definition) is 1. The van der Waals surface area contributed by atoms with Crippen LogP contribution in [0.5, 0.6) is 5.75 Å². The van der Waals surface area contributed by atoms with Gasteiger partial charge in [-0.3, -0.25) is 15.1 Å². The van der Waals surface area contributed by atoms with Gasteiger partial charge in [0.25, 0.3) is 5.91 Å². The van der Waals surface area contributed by atoms with Crippen molar-refractivity contribution in [1.82, 2.24) is 10.3 Å². The number of amides is 1. The lowest BCUT2D eigenvalue weighted by Crippen LogP contribution is -2.50. The predicted molar refractivity (Wildman–Crippen MR) is 127 cm³/mol. The van der Waals surface area contributed by atoms with Crippen LogP contribution in [0.1, 0.15) is 38.4 Å². The molecule has 0 bridgehead atoms. The molecule has 2 aromatic rings. The Balaban J connectivity index is 1.76. The van der Waals surface area contributed by atoms with Gasteiger partial charge in [-0.25, -0.2) is 9.80 Å². The highest BCUT2D eigenvalue weighted by molar-refractivity contribution is 8.13. The van der Waals surface area contributed by atoms with Crippen molar-refractivity contribution in [3.05, 3.63) is 64.7 Å². The molecule has 2 aromatic carbocycles. The number of ether oxygens (including phenoxy) is 2. The summed E-state index contributed by atoms with van der Waals surface area (Å²) in [4.78, 5) is 29.9. The van der Waals surface area contributed by atoms with Gasteiger partial charge in [0.15, 0.2) is 17.9 Å². The number of thioether (sulfide) groups is 1. The molecule has 172 valence electrons. The van der Waals surface area contributed by atoms with Crippen LogP contribution in [0.15, 0.2) is 58.6 Å². The van der Waals surface area contributed by atoms with Gasteiger partial charge in [-0.2, -0.15) is 0 Å². The van der Waals surface area contributed by atoms with Gasteiger partial charge >= 0.3 is 5.97 Å². The molecule has 8 nitrogen and oxygen atoms in total. The van der Waals surface area contributed by atoms with E-state index in [0.29, 0.717) is 27.5 Å². The monoisotopic (exact) mass is 466 g/mol. The van der Waals surface area contributed by atoms with Crippen molar-refractivity contribution in [3.8, 4) is 5.75 Å². The summed E-state index contributed by atoms with van der Waals surface area (Å²) in [5.41, 5.74) is 1.13. The first-order chi connectivity index (χ1) is 16.1. The molecular formula is C24H26N4O4S. The highest BCUT2D eigenvalue weighted by Crippen LogP contribution is 2.35. The number of carbonyl (C=O) groups excluding carboxylic acids is 2. The highest BCUT2D eigenvalue weighted by atomic mass is 32.2. The Labute approximate surface area is 196 Å². The number of benzene rings is 2. The normalized spacial score (nSPS) is 16.7. The Morgan fingerprint density at radius 3 is 2.76 bits per heavy atom. The van der Waals surface area contributed by atoms with Gasteiger partial charge in [-0.05, 0) is 25.5 Å². The lowest BCUT2D eigenvalue weighted by atomic mass is 10.1. The number of unbranched alkanes of at least 4 members (excludes halogenated alkanes) is 1. The van der Waals surface area contributed by atoms with Crippen molar-refractivity contribution in [1.29, 1.82) is 0 Å². The van der Waals surface area contributed by atoms with Gasteiger partial charge in [0.05, 0.1) is 12.0 Å². The molecule has 0 aromatic heterocycles. The number of hydrazone groups is 1. The van der Waals surface area contributed by atoms with Crippen molar-refractivity contribution >= 4 is 34.5 Å². The van der Waals surface area contributed by atoms with E-state index in [4.69, 9.17) is 19.6 Å². The quantitative estimate of drug-likeness (QED) is 0.474. The molecule has 33 heavy (non-hydrogen) atoms. The second-order valence-electron chi connectivity index (χ2n) is 7.41. The van der Waals surface area contributed by atoms with Crippen LogP contribution in [-0.4, -0.2) is 41.0 Å². The fraction of sp³-hybridized carbons (Fsp3) is 0.333. The summed E-state index contributed by atoms with van der Waals surface area (Å²) < 4.78 is 10.8. The third-order valence-electron chi connectivity index (χ3n) is 5.10. The van der Waals surface area contributed by atoms with E-state index in [1.165, 1.54) is 11.8 Å². The van der Waals surface area contributed by atoms with E-state index in [1.807, 2.05) is 42.5 Å². The SMILES string of the molecule is CCCCSC1=NN2C(=c3ccccc3=NC2c2ccccc2OCC(=O)OCC)C(=O)N1. The molecule has 0 saturated heterocycles. The summed E-state index contributed by atoms with van der Waals surface area (Å²) >= 11 is 1.51. The van der Waals surface area contributed by atoms with Crippen molar-refractivity contribution in [2.75, 3.05) is 19.0 Å². The molecule has 1 amide bonds. The molecule has 2 aliphatic heterocycles. The Morgan fingerprint density at radius 1 is 1.15 bits per heavy atom. The lowest BCUT2D eigenvalue weighted by Gasteiger charge is -2.34. The maximum Gasteiger partial charge on any atom is 0.344 e. The summed E-state index contributed by atoms with van der Waals surface area (Å²) in [6.07, 6.45) is 1.46. The molecule has 1 unspecified atom stereocenters. The van der Waals surface area contributed by atoms with Crippen LogP contribution in [0.3, 0.4) is 0 Å². The molecule has 1 atom stereocenters. The van der Waals surface area contributed by atoms with E-state index in [9.17, 15) is 9.59 Å². The van der Waals surface area contributed by atoms with E-state index in [1.54, 1.807) is 18.0 Å². The zero-order chi connectivity index (χ0) is 23.2. The summed E-state index contributed by atoms with van der Waals surface area (Å²) in [7, 11) is 0. The average molecular weight is 467 g/mol. The maximum absolute atomic E-state index is 13.2. The van der Waals surface area contributed by atoms with Crippen LogP contribution in [0.4, 0.5) is 0 Å².